The highest BCUT2D eigenvalue weighted by atomic mass is 35.5. The van der Waals surface area contributed by atoms with Crippen LogP contribution in [-0.2, 0) is 6.54 Å². The molecule has 0 aliphatic carbocycles. The lowest BCUT2D eigenvalue weighted by atomic mass is 9.98. The molecule has 0 bridgehead atoms. The van der Waals surface area contributed by atoms with Crippen molar-refractivity contribution in [3.8, 4) is 11.5 Å². The van der Waals surface area contributed by atoms with Crippen LogP contribution in [0.25, 0.3) is 0 Å². The minimum Gasteiger partial charge on any atom is -0.493 e. The van der Waals surface area contributed by atoms with Crippen LogP contribution < -0.4 is 20.1 Å². The third kappa shape index (κ3) is 5.04. The predicted octanol–water partition coefficient (Wildman–Crippen LogP) is 3.23. The van der Waals surface area contributed by atoms with Gasteiger partial charge in [0.25, 0.3) is 0 Å². The van der Waals surface area contributed by atoms with E-state index >= 15 is 0 Å². The maximum Gasteiger partial charge on any atom is 0.165 e. The Bertz CT molecular complexity index is 462. The van der Waals surface area contributed by atoms with Crippen molar-refractivity contribution >= 4 is 11.6 Å². The molecule has 2 N–H and O–H groups in total. The first-order chi connectivity index (χ1) is 10.7. The summed E-state index contributed by atoms with van der Waals surface area (Å²) in [4.78, 5) is 0. The molecule has 1 saturated heterocycles. The number of benzene rings is 1. The van der Waals surface area contributed by atoms with Crippen LogP contribution in [0.3, 0.4) is 0 Å². The summed E-state index contributed by atoms with van der Waals surface area (Å²) < 4.78 is 11.3. The minimum absolute atomic E-state index is 0.680. The van der Waals surface area contributed by atoms with E-state index in [4.69, 9.17) is 21.1 Å². The molecule has 1 aromatic carbocycles. The zero-order chi connectivity index (χ0) is 15.8. The number of hydrogen-bond donors (Lipinski definition) is 2. The highest BCUT2D eigenvalue weighted by Crippen LogP contribution is 2.35. The Kier molecular flexibility index (Phi) is 7.30. The maximum absolute atomic E-state index is 6.19. The van der Waals surface area contributed by atoms with Crippen LogP contribution in [0.15, 0.2) is 12.1 Å². The van der Waals surface area contributed by atoms with Crippen molar-refractivity contribution in [3.05, 3.63) is 22.7 Å². The smallest absolute Gasteiger partial charge is 0.165 e. The summed E-state index contributed by atoms with van der Waals surface area (Å²) >= 11 is 6.19. The van der Waals surface area contributed by atoms with Gasteiger partial charge in [-0.15, -0.1) is 0 Å². The molecule has 1 heterocycles. The van der Waals surface area contributed by atoms with Crippen LogP contribution in [0.4, 0.5) is 0 Å². The van der Waals surface area contributed by atoms with E-state index in [0.717, 1.165) is 49.8 Å². The topological polar surface area (TPSA) is 42.5 Å². The average molecular weight is 327 g/mol. The number of hydrogen-bond acceptors (Lipinski definition) is 4. The summed E-state index contributed by atoms with van der Waals surface area (Å²) in [6.45, 7) is 6.81. The molecular formula is C17H27ClN2O2. The Morgan fingerprint density at radius 1 is 1.32 bits per heavy atom. The van der Waals surface area contributed by atoms with E-state index in [1.807, 2.05) is 12.1 Å². The maximum atomic E-state index is 6.19. The summed E-state index contributed by atoms with van der Waals surface area (Å²) in [6.07, 6.45) is 3.45. The quantitative estimate of drug-likeness (QED) is 0.769. The van der Waals surface area contributed by atoms with E-state index in [1.54, 1.807) is 7.11 Å². The Morgan fingerprint density at radius 3 is 2.77 bits per heavy atom. The Morgan fingerprint density at radius 2 is 2.09 bits per heavy atom. The van der Waals surface area contributed by atoms with E-state index in [9.17, 15) is 0 Å². The number of ether oxygens (including phenoxy) is 2. The van der Waals surface area contributed by atoms with Gasteiger partial charge in [0.05, 0.1) is 13.7 Å². The normalized spacial score (nSPS) is 15.8. The molecule has 0 unspecified atom stereocenters. The molecule has 1 aliphatic rings. The molecule has 0 amide bonds. The van der Waals surface area contributed by atoms with Crippen LogP contribution in [0.5, 0.6) is 11.5 Å². The Balaban J connectivity index is 1.99. The number of piperidine rings is 1. The van der Waals surface area contributed by atoms with Crippen molar-refractivity contribution in [3.63, 3.8) is 0 Å². The van der Waals surface area contributed by atoms with Crippen LogP contribution in [0.1, 0.15) is 31.7 Å². The minimum atomic E-state index is 0.680. The monoisotopic (exact) mass is 326 g/mol. The van der Waals surface area contributed by atoms with E-state index in [0.29, 0.717) is 17.4 Å². The molecule has 1 aliphatic heterocycles. The lowest BCUT2D eigenvalue weighted by Crippen LogP contribution is -2.33. The van der Waals surface area contributed by atoms with Crippen LogP contribution in [-0.4, -0.2) is 33.4 Å². The standard InChI is InChI=1S/C17H27ClN2O2/c1-3-8-22-17-14(9-15(18)10-16(17)21-2)12-20-11-13-4-6-19-7-5-13/h9-10,13,19-20H,3-8,11-12H2,1-2H3. The summed E-state index contributed by atoms with van der Waals surface area (Å²) in [5.41, 5.74) is 1.06. The number of nitrogens with one attached hydrogen (secondary N) is 2. The molecule has 1 aromatic rings. The zero-order valence-corrected chi connectivity index (χ0v) is 14.3. The SMILES string of the molecule is CCCOc1c(CNCC2CCNCC2)cc(Cl)cc1OC. The van der Waals surface area contributed by atoms with Crippen LogP contribution >= 0.6 is 11.6 Å². The van der Waals surface area contributed by atoms with Gasteiger partial charge in [-0.05, 0) is 50.9 Å². The highest BCUT2D eigenvalue weighted by Gasteiger charge is 2.15. The first-order valence-corrected chi connectivity index (χ1v) is 8.53. The zero-order valence-electron chi connectivity index (χ0n) is 13.6. The van der Waals surface area contributed by atoms with Crippen molar-refractivity contribution in [2.75, 3.05) is 33.4 Å². The molecule has 2 rings (SSSR count). The van der Waals surface area contributed by atoms with Crippen molar-refractivity contribution in [2.45, 2.75) is 32.7 Å². The number of methoxy groups -OCH3 is 1. The van der Waals surface area contributed by atoms with Gasteiger partial charge in [-0.25, -0.2) is 0 Å². The molecule has 124 valence electrons. The fraction of sp³-hybridized carbons (Fsp3) is 0.647. The van der Waals surface area contributed by atoms with Gasteiger partial charge in [-0.2, -0.15) is 0 Å². The predicted molar refractivity (Wildman–Crippen MR) is 91.1 cm³/mol. The molecule has 22 heavy (non-hydrogen) atoms. The molecule has 0 radical (unpaired) electrons. The number of halogens is 1. The van der Waals surface area contributed by atoms with Gasteiger partial charge < -0.3 is 20.1 Å². The third-order valence-corrected chi connectivity index (χ3v) is 4.19. The van der Waals surface area contributed by atoms with E-state index in [1.165, 1.54) is 12.8 Å². The molecule has 0 saturated carbocycles. The molecular weight excluding hydrogens is 300 g/mol. The van der Waals surface area contributed by atoms with Crippen molar-refractivity contribution in [2.24, 2.45) is 5.92 Å². The van der Waals surface area contributed by atoms with Crippen molar-refractivity contribution < 1.29 is 9.47 Å². The summed E-state index contributed by atoms with van der Waals surface area (Å²) in [6, 6.07) is 3.77. The molecule has 0 spiro atoms. The Hall–Kier alpha value is -0.970. The van der Waals surface area contributed by atoms with Crippen LogP contribution in [0, 0.1) is 5.92 Å². The van der Waals surface area contributed by atoms with E-state index in [2.05, 4.69) is 17.6 Å². The van der Waals surface area contributed by atoms with E-state index in [-0.39, 0.29) is 0 Å². The first kappa shape index (κ1) is 17.4. The van der Waals surface area contributed by atoms with Crippen molar-refractivity contribution in [1.82, 2.24) is 10.6 Å². The lowest BCUT2D eigenvalue weighted by Gasteiger charge is -2.23. The van der Waals surface area contributed by atoms with Gasteiger partial charge in [0, 0.05) is 23.2 Å². The van der Waals surface area contributed by atoms with Gasteiger partial charge in [0.1, 0.15) is 0 Å². The Labute approximate surface area is 138 Å². The summed E-state index contributed by atoms with van der Waals surface area (Å²) in [5.74, 6) is 2.27. The fourth-order valence-corrected chi connectivity index (χ4v) is 3.00. The molecule has 0 aromatic heterocycles. The second-order valence-corrected chi connectivity index (χ2v) is 6.21. The third-order valence-electron chi connectivity index (χ3n) is 3.97. The lowest BCUT2D eigenvalue weighted by molar-refractivity contribution is 0.289. The second-order valence-electron chi connectivity index (χ2n) is 5.77. The average Bonchev–Trinajstić information content (AvgIpc) is 2.54. The highest BCUT2D eigenvalue weighted by molar-refractivity contribution is 6.30. The van der Waals surface area contributed by atoms with Gasteiger partial charge in [-0.1, -0.05) is 18.5 Å². The van der Waals surface area contributed by atoms with Crippen molar-refractivity contribution in [1.29, 1.82) is 0 Å². The first-order valence-electron chi connectivity index (χ1n) is 8.15. The summed E-state index contributed by atoms with van der Waals surface area (Å²) in [7, 11) is 1.65. The van der Waals surface area contributed by atoms with Crippen LogP contribution in [0.2, 0.25) is 5.02 Å². The largest absolute Gasteiger partial charge is 0.493 e. The summed E-state index contributed by atoms with van der Waals surface area (Å²) in [5, 5.41) is 7.62. The molecule has 5 heteroatoms. The van der Waals surface area contributed by atoms with Gasteiger partial charge in [0.15, 0.2) is 11.5 Å². The molecule has 1 fully saturated rings. The number of rotatable bonds is 8. The van der Waals surface area contributed by atoms with Gasteiger partial charge >= 0.3 is 0 Å². The van der Waals surface area contributed by atoms with Gasteiger partial charge in [-0.3, -0.25) is 0 Å². The molecule has 4 nitrogen and oxygen atoms in total. The van der Waals surface area contributed by atoms with Gasteiger partial charge in [0.2, 0.25) is 0 Å². The fourth-order valence-electron chi connectivity index (χ4n) is 2.77. The second kappa shape index (κ2) is 9.23. The van der Waals surface area contributed by atoms with E-state index < -0.39 is 0 Å². The molecule has 0 atom stereocenters.